The molecule has 0 saturated carbocycles. The van der Waals surface area contributed by atoms with Crippen LogP contribution in [0.1, 0.15) is 29.4 Å². The minimum atomic E-state index is -0.277. The van der Waals surface area contributed by atoms with E-state index < -0.39 is 0 Å². The van der Waals surface area contributed by atoms with Crippen LogP contribution < -0.4 is 5.32 Å². The highest BCUT2D eigenvalue weighted by Crippen LogP contribution is 2.15. The standard InChI is InChI=1S/C15H16BrFN2O/c1-2-7-19-10-12(16)8-14(19)15(20)18-9-11-3-5-13(17)6-4-11/h3-6,8,10H,2,7,9H2,1H3,(H,18,20). The number of aryl methyl sites for hydroxylation is 1. The highest BCUT2D eigenvalue weighted by atomic mass is 79.9. The largest absolute Gasteiger partial charge is 0.347 e. The van der Waals surface area contributed by atoms with E-state index in [0.717, 1.165) is 23.0 Å². The molecule has 0 atom stereocenters. The third-order valence-corrected chi connectivity index (χ3v) is 3.36. The van der Waals surface area contributed by atoms with Gasteiger partial charge in [-0.05, 0) is 46.1 Å². The predicted octanol–water partition coefficient (Wildman–Crippen LogP) is 3.73. The van der Waals surface area contributed by atoms with Crippen molar-refractivity contribution >= 4 is 21.8 Å². The first-order valence-electron chi connectivity index (χ1n) is 6.48. The van der Waals surface area contributed by atoms with Crippen molar-refractivity contribution in [1.29, 1.82) is 0 Å². The number of hydrogen-bond donors (Lipinski definition) is 1. The SMILES string of the molecule is CCCn1cc(Br)cc1C(=O)NCc1ccc(F)cc1. The number of carbonyl (C=O) groups is 1. The van der Waals surface area contributed by atoms with Gasteiger partial charge in [0.2, 0.25) is 0 Å². The molecule has 1 aromatic carbocycles. The van der Waals surface area contributed by atoms with Gasteiger partial charge in [0.25, 0.3) is 5.91 Å². The quantitative estimate of drug-likeness (QED) is 0.885. The maximum Gasteiger partial charge on any atom is 0.268 e. The van der Waals surface area contributed by atoms with Crippen LogP contribution in [-0.4, -0.2) is 10.5 Å². The second-order valence-electron chi connectivity index (χ2n) is 4.55. The molecule has 0 aliphatic heterocycles. The summed E-state index contributed by atoms with van der Waals surface area (Å²) in [6.45, 7) is 3.24. The van der Waals surface area contributed by atoms with Gasteiger partial charge in [-0.1, -0.05) is 19.1 Å². The minimum absolute atomic E-state index is 0.131. The van der Waals surface area contributed by atoms with Crippen LogP contribution >= 0.6 is 15.9 Å². The van der Waals surface area contributed by atoms with Crippen molar-refractivity contribution in [2.75, 3.05) is 0 Å². The van der Waals surface area contributed by atoms with Crippen molar-refractivity contribution in [3.63, 3.8) is 0 Å². The Bertz CT molecular complexity index is 592. The molecule has 1 aromatic heterocycles. The van der Waals surface area contributed by atoms with Crippen LogP contribution in [0, 0.1) is 5.82 Å². The van der Waals surface area contributed by atoms with E-state index in [1.807, 2.05) is 10.8 Å². The van der Waals surface area contributed by atoms with Crippen LogP contribution in [0.25, 0.3) is 0 Å². The number of nitrogens with one attached hydrogen (secondary N) is 1. The van der Waals surface area contributed by atoms with Gasteiger partial charge in [-0.15, -0.1) is 0 Å². The van der Waals surface area contributed by atoms with E-state index in [-0.39, 0.29) is 11.7 Å². The molecule has 1 N–H and O–H groups in total. The summed E-state index contributed by atoms with van der Waals surface area (Å²) in [5.41, 5.74) is 1.49. The fraction of sp³-hybridized carbons (Fsp3) is 0.267. The summed E-state index contributed by atoms with van der Waals surface area (Å²) >= 11 is 3.38. The summed E-state index contributed by atoms with van der Waals surface area (Å²) in [7, 11) is 0. The maximum atomic E-state index is 12.8. The van der Waals surface area contributed by atoms with Gasteiger partial charge >= 0.3 is 0 Å². The molecule has 2 rings (SSSR count). The first kappa shape index (κ1) is 14.8. The van der Waals surface area contributed by atoms with E-state index in [4.69, 9.17) is 0 Å². The minimum Gasteiger partial charge on any atom is -0.347 e. The molecule has 5 heteroatoms. The Morgan fingerprint density at radius 3 is 2.70 bits per heavy atom. The number of amides is 1. The molecule has 106 valence electrons. The summed E-state index contributed by atoms with van der Waals surface area (Å²) in [4.78, 5) is 12.2. The lowest BCUT2D eigenvalue weighted by Crippen LogP contribution is -2.25. The summed E-state index contributed by atoms with van der Waals surface area (Å²) in [6.07, 6.45) is 2.86. The molecule has 0 spiro atoms. The van der Waals surface area contributed by atoms with E-state index in [2.05, 4.69) is 28.2 Å². The Labute approximate surface area is 125 Å². The average molecular weight is 339 g/mol. The van der Waals surface area contributed by atoms with Crippen molar-refractivity contribution in [2.45, 2.75) is 26.4 Å². The molecular weight excluding hydrogens is 323 g/mol. The van der Waals surface area contributed by atoms with Gasteiger partial charge in [-0.3, -0.25) is 4.79 Å². The lowest BCUT2D eigenvalue weighted by Gasteiger charge is -2.08. The number of rotatable bonds is 5. The van der Waals surface area contributed by atoms with E-state index in [1.54, 1.807) is 18.2 Å². The molecular formula is C15H16BrFN2O. The molecule has 0 aliphatic carbocycles. The zero-order valence-corrected chi connectivity index (χ0v) is 12.8. The van der Waals surface area contributed by atoms with Crippen molar-refractivity contribution in [1.82, 2.24) is 9.88 Å². The van der Waals surface area contributed by atoms with Gasteiger partial charge in [0.05, 0.1) is 0 Å². The number of benzene rings is 1. The smallest absolute Gasteiger partial charge is 0.268 e. The second kappa shape index (κ2) is 6.70. The van der Waals surface area contributed by atoms with Crippen LogP contribution in [0.2, 0.25) is 0 Å². The number of halogens is 2. The zero-order valence-electron chi connectivity index (χ0n) is 11.2. The third-order valence-electron chi connectivity index (χ3n) is 2.93. The normalized spacial score (nSPS) is 10.6. The van der Waals surface area contributed by atoms with Gasteiger partial charge in [-0.2, -0.15) is 0 Å². The molecule has 0 bridgehead atoms. The molecule has 0 aliphatic rings. The van der Waals surface area contributed by atoms with Crippen molar-refractivity contribution in [2.24, 2.45) is 0 Å². The Kier molecular flexibility index (Phi) is 4.95. The monoisotopic (exact) mass is 338 g/mol. The van der Waals surface area contributed by atoms with Gasteiger partial charge in [0, 0.05) is 23.8 Å². The fourth-order valence-corrected chi connectivity index (χ4v) is 2.43. The topological polar surface area (TPSA) is 34.0 Å². The third kappa shape index (κ3) is 3.70. The van der Waals surface area contributed by atoms with Crippen LogP contribution in [-0.2, 0) is 13.1 Å². The number of aromatic nitrogens is 1. The van der Waals surface area contributed by atoms with Crippen LogP contribution in [0.4, 0.5) is 4.39 Å². The van der Waals surface area contributed by atoms with Crippen LogP contribution in [0.3, 0.4) is 0 Å². The van der Waals surface area contributed by atoms with Crippen molar-refractivity contribution in [3.05, 3.63) is 58.1 Å². The molecule has 1 amide bonds. The van der Waals surface area contributed by atoms with Crippen molar-refractivity contribution < 1.29 is 9.18 Å². The molecule has 2 aromatic rings. The lowest BCUT2D eigenvalue weighted by atomic mass is 10.2. The first-order valence-corrected chi connectivity index (χ1v) is 7.27. The van der Waals surface area contributed by atoms with Gasteiger partial charge < -0.3 is 9.88 Å². The van der Waals surface area contributed by atoms with Crippen LogP contribution in [0.5, 0.6) is 0 Å². The average Bonchev–Trinajstić information content (AvgIpc) is 2.79. The van der Waals surface area contributed by atoms with E-state index in [1.165, 1.54) is 12.1 Å². The highest BCUT2D eigenvalue weighted by Gasteiger charge is 2.12. The Morgan fingerprint density at radius 2 is 2.05 bits per heavy atom. The summed E-state index contributed by atoms with van der Waals surface area (Å²) in [5.74, 6) is -0.408. The lowest BCUT2D eigenvalue weighted by molar-refractivity contribution is 0.0941. The second-order valence-corrected chi connectivity index (χ2v) is 5.46. The number of carbonyl (C=O) groups excluding carboxylic acids is 1. The van der Waals surface area contributed by atoms with E-state index >= 15 is 0 Å². The molecule has 3 nitrogen and oxygen atoms in total. The number of hydrogen-bond acceptors (Lipinski definition) is 1. The summed E-state index contributed by atoms with van der Waals surface area (Å²) < 4.78 is 15.6. The van der Waals surface area contributed by atoms with E-state index in [9.17, 15) is 9.18 Å². The van der Waals surface area contributed by atoms with E-state index in [0.29, 0.717) is 12.2 Å². The van der Waals surface area contributed by atoms with Crippen molar-refractivity contribution in [3.8, 4) is 0 Å². The fourth-order valence-electron chi connectivity index (χ4n) is 1.97. The van der Waals surface area contributed by atoms with Crippen LogP contribution in [0.15, 0.2) is 41.0 Å². The molecule has 0 radical (unpaired) electrons. The Morgan fingerprint density at radius 1 is 1.35 bits per heavy atom. The summed E-state index contributed by atoms with van der Waals surface area (Å²) in [5, 5.41) is 2.84. The van der Waals surface area contributed by atoms with Gasteiger partial charge in [-0.25, -0.2) is 4.39 Å². The first-order chi connectivity index (χ1) is 9.60. The molecule has 1 heterocycles. The molecule has 0 fully saturated rings. The maximum absolute atomic E-state index is 12.8. The Hall–Kier alpha value is -1.62. The predicted molar refractivity (Wildman–Crippen MR) is 80.0 cm³/mol. The van der Waals surface area contributed by atoms with Gasteiger partial charge in [0.15, 0.2) is 0 Å². The Balaban J connectivity index is 2.03. The summed E-state index contributed by atoms with van der Waals surface area (Å²) in [6, 6.07) is 7.90. The van der Waals surface area contributed by atoms with Gasteiger partial charge in [0.1, 0.15) is 11.5 Å². The zero-order chi connectivity index (χ0) is 14.5. The highest BCUT2D eigenvalue weighted by molar-refractivity contribution is 9.10. The molecule has 0 unspecified atom stereocenters. The molecule has 20 heavy (non-hydrogen) atoms. The molecule has 0 saturated heterocycles. The number of nitrogens with zero attached hydrogens (tertiary/aromatic N) is 1.